The van der Waals surface area contributed by atoms with Crippen molar-refractivity contribution >= 4 is 11.9 Å². The topological polar surface area (TPSA) is 93.1 Å². The molecule has 2 N–H and O–H groups in total. The molecule has 0 saturated heterocycles. The molecule has 6 nitrogen and oxygen atoms in total. The van der Waals surface area contributed by atoms with E-state index in [0.717, 1.165) is 11.1 Å². The summed E-state index contributed by atoms with van der Waals surface area (Å²) < 4.78 is 8.93. The van der Waals surface area contributed by atoms with Crippen LogP contribution in [0.5, 0.6) is 0 Å². The molecular formula is C12H20O6. The average molecular weight is 260 g/mol. The van der Waals surface area contributed by atoms with Gasteiger partial charge in [-0.25, -0.2) is 9.59 Å². The van der Waals surface area contributed by atoms with Gasteiger partial charge in [-0.05, 0) is 25.0 Å². The minimum absolute atomic E-state index is 0.194. The second kappa shape index (κ2) is 11.8. The third-order valence-electron chi connectivity index (χ3n) is 1.22. The largest absolute Gasteiger partial charge is 0.459 e. The smallest absolute Gasteiger partial charge is 0.332 e. The maximum atomic E-state index is 10.2. The van der Waals surface area contributed by atoms with Gasteiger partial charge >= 0.3 is 11.9 Å². The van der Waals surface area contributed by atoms with Crippen LogP contribution < -0.4 is 0 Å². The Labute approximate surface area is 107 Å². The Balaban J connectivity index is 0. The van der Waals surface area contributed by atoms with Gasteiger partial charge in [-0.15, -0.1) is 0 Å². The number of carbonyl (C=O) groups excluding carboxylic acids is 2. The van der Waals surface area contributed by atoms with Gasteiger partial charge in [-0.2, -0.15) is 0 Å². The van der Waals surface area contributed by atoms with Crippen molar-refractivity contribution in [3.63, 3.8) is 0 Å². The molecule has 18 heavy (non-hydrogen) atoms. The first-order valence-electron chi connectivity index (χ1n) is 5.15. The van der Waals surface area contributed by atoms with Crippen LogP contribution in [-0.4, -0.2) is 48.6 Å². The van der Waals surface area contributed by atoms with Gasteiger partial charge in [0.05, 0.1) is 0 Å². The lowest BCUT2D eigenvalue weighted by Gasteiger charge is -1.99. The van der Waals surface area contributed by atoms with Crippen LogP contribution in [0.25, 0.3) is 0 Å². The van der Waals surface area contributed by atoms with Gasteiger partial charge in [0.2, 0.25) is 0 Å². The van der Waals surface area contributed by atoms with Gasteiger partial charge in [0, 0.05) is 0 Å². The van der Waals surface area contributed by atoms with Crippen LogP contribution in [0.1, 0.15) is 13.8 Å². The maximum Gasteiger partial charge on any atom is 0.332 e. The molecule has 0 aliphatic carbocycles. The van der Waals surface area contributed by atoms with Gasteiger partial charge in [0.1, 0.15) is 26.4 Å². The third kappa shape index (κ3) is 16.8. The number of aliphatic hydroxyl groups is 2. The molecular weight excluding hydrogens is 240 g/mol. The van der Waals surface area contributed by atoms with Crippen molar-refractivity contribution in [2.45, 2.75) is 13.8 Å². The number of hydrogen-bond donors (Lipinski definition) is 2. The van der Waals surface area contributed by atoms with Crippen molar-refractivity contribution in [1.29, 1.82) is 0 Å². The summed E-state index contributed by atoms with van der Waals surface area (Å²) in [6, 6.07) is 0. The Morgan fingerprint density at radius 2 is 1.17 bits per heavy atom. The quantitative estimate of drug-likeness (QED) is 0.523. The maximum absolute atomic E-state index is 10.2. The Morgan fingerprint density at radius 1 is 0.889 bits per heavy atom. The van der Waals surface area contributed by atoms with E-state index in [1.54, 1.807) is 13.8 Å². The number of carbonyl (C=O) groups is 2. The van der Waals surface area contributed by atoms with Crippen LogP contribution in [0.15, 0.2) is 24.3 Å². The van der Waals surface area contributed by atoms with Gasteiger partial charge in [-0.3, -0.25) is 0 Å². The fourth-order valence-corrected chi connectivity index (χ4v) is 0.499. The highest BCUT2D eigenvalue weighted by Gasteiger charge is 1.97. The fourth-order valence-electron chi connectivity index (χ4n) is 0.499. The van der Waals surface area contributed by atoms with Crippen LogP contribution in [0, 0.1) is 0 Å². The highest BCUT2D eigenvalue weighted by Crippen LogP contribution is 1.88. The summed E-state index contributed by atoms with van der Waals surface area (Å²) in [6.07, 6.45) is 0. The molecule has 0 aromatic carbocycles. The minimum atomic E-state index is -0.613. The van der Waals surface area contributed by atoms with E-state index < -0.39 is 25.2 Å². The van der Waals surface area contributed by atoms with E-state index in [1.165, 1.54) is 0 Å². The molecule has 0 aromatic rings. The molecule has 0 atom stereocenters. The van der Waals surface area contributed by atoms with Crippen molar-refractivity contribution in [3.05, 3.63) is 24.3 Å². The molecule has 0 rings (SSSR count). The summed E-state index contributed by atoms with van der Waals surface area (Å²) in [5, 5.41) is 16.3. The number of esters is 2. The Kier molecular flexibility index (Phi) is 12.3. The van der Waals surface area contributed by atoms with E-state index in [2.05, 4.69) is 22.6 Å². The SMILES string of the molecule is C=C(C)COC(=O)CO.C=C(C)COC(=O)CO. The lowest BCUT2D eigenvalue weighted by Crippen LogP contribution is -2.09. The van der Waals surface area contributed by atoms with E-state index in [9.17, 15) is 9.59 Å². The molecule has 6 heteroatoms. The number of rotatable bonds is 6. The zero-order valence-electron chi connectivity index (χ0n) is 10.8. The molecule has 0 bridgehead atoms. The summed E-state index contributed by atoms with van der Waals surface area (Å²) >= 11 is 0. The second-order valence-corrected chi connectivity index (χ2v) is 3.55. The molecule has 0 aromatic heterocycles. The van der Waals surface area contributed by atoms with E-state index in [0.29, 0.717) is 0 Å². The van der Waals surface area contributed by atoms with E-state index in [4.69, 9.17) is 10.2 Å². The fraction of sp³-hybridized carbons (Fsp3) is 0.500. The molecule has 0 heterocycles. The van der Waals surface area contributed by atoms with Crippen molar-refractivity contribution in [2.75, 3.05) is 26.4 Å². The van der Waals surface area contributed by atoms with E-state index in [1.807, 2.05) is 0 Å². The molecule has 0 aliphatic rings. The Morgan fingerprint density at radius 3 is 1.33 bits per heavy atom. The van der Waals surface area contributed by atoms with Gasteiger partial charge < -0.3 is 19.7 Å². The summed E-state index contributed by atoms with van der Waals surface area (Å²) in [5.74, 6) is -1.23. The third-order valence-corrected chi connectivity index (χ3v) is 1.22. The minimum Gasteiger partial charge on any atom is -0.459 e. The molecule has 0 saturated carbocycles. The summed E-state index contributed by atoms with van der Waals surface area (Å²) in [4.78, 5) is 20.4. The van der Waals surface area contributed by atoms with Crippen molar-refractivity contribution in [2.24, 2.45) is 0 Å². The van der Waals surface area contributed by atoms with Crippen LogP contribution >= 0.6 is 0 Å². The molecule has 0 unspecified atom stereocenters. The van der Waals surface area contributed by atoms with E-state index in [-0.39, 0.29) is 13.2 Å². The number of ether oxygens (including phenoxy) is 2. The zero-order chi connectivity index (χ0) is 14.6. The van der Waals surface area contributed by atoms with E-state index >= 15 is 0 Å². The molecule has 0 spiro atoms. The lowest BCUT2D eigenvalue weighted by molar-refractivity contribution is -0.146. The predicted molar refractivity (Wildman–Crippen MR) is 65.7 cm³/mol. The zero-order valence-corrected chi connectivity index (χ0v) is 10.8. The first kappa shape index (κ1) is 18.7. The molecule has 104 valence electrons. The second-order valence-electron chi connectivity index (χ2n) is 3.55. The standard InChI is InChI=1S/2C6H10O3/c2*1-5(2)4-9-6(8)3-7/h2*7H,1,3-4H2,2H3. The summed E-state index contributed by atoms with van der Waals surface area (Å²) in [7, 11) is 0. The van der Waals surface area contributed by atoms with Crippen LogP contribution in [0.4, 0.5) is 0 Å². The van der Waals surface area contributed by atoms with Crippen molar-refractivity contribution < 1.29 is 29.3 Å². The predicted octanol–water partition coefficient (Wildman–Crippen LogP) is 0.196. The van der Waals surface area contributed by atoms with Gasteiger partial charge in [-0.1, -0.05) is 13.2 Å². The van der Waals surface area contributed by atoms with Crippen molar-refractivity contribution in [3.8, 4) is 0 Å². The first-order chi connectivity index (χ1) is 8.33. The summed E-state index contributed by atoms with van der Waals surface area (Å²) in [6.45, 7) is 9.75. The number of aliphatic hydroxyl groups excluding tert-OH is 2. The highest BCUT2D eigenvalue weighted by molar-refractivity contribution is 5.70. The normalized spacial score (nSPS) is 8.67. The molecule has 0 radical (unpaired) electrons. The first-order valence-corrected chi connectivity index (χ1v) is 5.15. The average Bonchev–Trinajstić information content (AvgIpc) is 2.33. The van der Waals surface area contributed by atoms with Crippen LogP contribution in [-0.2, 0) is 19.1 Å². The molecule has 0 amide bonds. The Bertz CT molecular complexity index is 265. The van der Waals surface area contributed by atoms with Crippen LogP contribution in [0.3, 0.4) is 0 Å². The van der Waals surface area contributed by atoms with Crippen LogP contribution in [0.2, 0.25) is 0 Å². The monoisotopic (exact) mass is 260 g/mol. The Hall–Kier alpha value is -1.66. The van der Waals surface area contributed by atoms with Crippen molar-refractivity contribution in [1.82, 2.24) is 0 Å². The molecule has 0 fully saturated rings. The number of hydrogen-bond acceptors (Lipinski definition) is 6. The van der Waals surface area contributed by atoms with Gasteiger partial charge in [0.15, 0.2) is 0 Å². The highest BCUT2D eigenvalue weighted by atomic mass is 16.5. The molecule has 0 aliphatic heterocycles. The lowest BCUT2D eigenvalue weighted by atomic mass is 10.4. The van der Waals surface area contributed by atoms with Gasteiger partial charge in [0.25, 0.3) is 0 Å². The summed E-state index contributed by atoms with van der Waals surface area (Å²) in [5.41, 5.74) is 1.52.